The van der Waals surface area contributed by atoms with E-state index in [-0.39, 0.29) is 0 Å². The van der Waals surface area contributed by atoms with Crippen LogP contribution in [0.4, 0.5) is 5.82 Å². The molecule has 0 fully saturated rings. The molecule has 5 nitrogen and oxygen atoms in total. The SMILES string of the molecule is CNc1nc(-c2c(C)nn(C)c2C)nc2c1CCCCC2. The van der Waals surface area contributed by atoms with E-state index in [4.69, 9.17) is 9.97 Å². The van der Waals surface area contributed by atoms with E-state index in [1.54, 1.807) is 0 Å². The molecule has 1 aliphatic rings. The fraction of sp³-hybridized carbons (Fsp3) is 0.562. The molecule has 0 radical (unpaired) electrons. The van der Waals surface area contributed by atoms with E-state index in [1.807, 2.05) is 25.7 Å². The molecule has 0 saturated heterocycles. The lowest BCUT2D eigenvalue weighted by molar-refractivity contribution is 0.709. The first-order chi connectivity index (χ1) is 10.1. The van der Waals surface area contributed by atoms with Gasteiger partial charge in [0.15, 0.2) is 5.82 Å². The summed E-state index contributed by atoms with van der Waals surface area (Å²) in [5.74, 6) is 1.79. The van der Waals surface area contributed by atoms with Crippen molar-refractivity contribution in [3.63, 3.8) is 0 Å². The highest BCUT2D eigenvalue weighted by atomic mass is 15.3. The Bertz CT molecular complexity index is 672. The summed E-state index contributed by atoms with van der Waals surface area (Å²) in [5.41, 5.74) is 5.69. The van der Waals surface area contributed by atoms with E-state index in [0.717, 1.165) is 41.4 Å². The maximum Gasteiger partial charge on any atom is 0.165 e. The Morgan fingerprint density at radius 2 is 1.81 bits per heavy atom. The predicted molar refractivity (Wildman–Crippen MR) is 84.5 cm³/mol. The van der Waals surface area contributed by atoms with Crippen LogP contribution in [-0.2, 0) is 19.9 Å². The molecule has 112 valence electrons. The third-order valence-electron chi connectivity index (χ3n) is 4.40. The highest BCUT2D eigenvalue weighted by Gasteiger charge is 2.20. The molecule has 2 aromatic heterocycles. The van der Waals surface area contributed by atoms with Crippen LogP contribution >= 0.6 is 0 Å². The van der Waals surface area contributed by atoms with Gasteiger partial charge in [-0.05, 0) is 39.5 Å². The van der Waals surface area contributed by atoms with Gasteiger partial charge >= 0.3 is 0 Å². The van der Waals surface area contributed by atoms with Crippen molar-refractivity contribution < 1.29 is 0 Å². The molecule has 0 atom stereocenters. The van der Waals surface area contributed by atoms with Crippen LogP contribution in [0.5, 0.6) is 0 Å². The number of nitrogens with one attached hydrogen (secondary N) is 1. The van der Waals surface area contributed by atoms with Crippen molar-refractivity contribution in [1.82, 2.24) is 19.7 Å². The van der Waals surface area contributed by atoms with Crippen molar-refractivity contribution in [2.24, 2.45) is 7.05 Å². The smallest absolute Gasteiger partial charge is 0.165 e. The van der Waals surface area contributed by atoms with Crippen molar-refractivity contribution in [1.29, 1.82) is 0 Å². The lowest BCUT2D eigenvalue weighted by atomic mass is 10.1. The fourth-order valence-corrected chi connectivity index (χ4v) is 3.19. The molecule has 1 aliphatic carbocycles. The Labute approximate surface area is 125 Å². The Balaban J connectivity index is 2.18. The minimum absolute atomic E-state index is 0.808. The standard InChI is InChI=1S/C16H23N5/c1-10-14(11(2)21(4)20-10)16-18-13-9-7-5-6-8-12(13)15(17-3)19-16/h5-9H2,1-4H3,(H,17,18,19). The highest BCUT2D eigenvalue weighted by Crippen LogP contribution is 2.30. The maximum absolute atomic E-state index is 4.88. The van der Waals surface area contributed by atoms with Gasteiger partial charge in [-0.2, -0.15) is 5.10 Å². The second-order valence-electron chi connectivity index (χ2n) is 5.80. The number of hydrogen-bond donors (Lipinski definition) is 1. The van der Waals surface area contributed by atoms with Gasteiger partial charge in [-0.25, -0.2) is 9.97 Å². The summed E-state index contributed by atoms with van der Waals surface area (Å²) in [6.45, 7) is 4.10. The van der Waals surface area contributed by atoms with Crippen molar-refractivity contribution in [3.05, 3.63) is 22.6 Å². The minimum atomic E-state index is 0.808. The fourth-order valence-electron chi connectivity index (χ4n) is 3.19. The lowest BCUT2D eigenvalue weighted by Crippen LogP contribution is -2.07. The number of aryl methyl sites for hydroxylation is 3. The molecule has 0 aromatic carbocycles. The summed E-state index contributed by atoms with van der Waals surface area (Å²) < 4.78 is 1.90. The average Bonchev–Trinajstić information content (AvgIpc) is 2.66. The van der Waals surface area contributed by atoms with Crippen LogP contribution in [-0.4, -0.2) is 26.8 Å². The maximum atomic E-state index is 4.88. The molecule has 0 amide bonds. The van der Waals surface area contributed by atoms with Crippen LogP contribution in [0.3, 0.4) is 0 Å². The number of fused-ring (bicyclic) bond motifs is 1. The van der Waals surface area contributed by atoms with Crippen LogP contribution in [0, 0.1) is 13.8 Å². The molecule has 0 saturated carbocycles. The third kappa shape index (κ3) is 2.41. The molecule has 2 aromatic rings. The summed E-state index contributed by atoms with van der Waals surface area (Å²) >= 11 is 0. The summed E-state index contributed by atoms with van der Waals surface area (Å²) in [4.78, 5) is 9.66. The van der Waals surface area contributed by atoms with Gasteiger partial charge in [-0.15, -0.1) is 0 Å². The number of hydrogen-bond acceptors (Lipinski definition) is 4. The largest absolute Gasteiger partial charge is 0.373 e. The van der Waals surface area contributed by atoms with Gasteiger partial charge in [0.05, 0.1) is 11.3 Å². The van der Waals surface area contributed by atoms with Crippen molar-refractivity contribution in [3.8, 4) is 11.4 Å². The second-order valence-corrected chi connectivity index (χ2v) is 5.80. The van der Waals surface area contributed by atoms with Gasteiger partial charge < -0.3 is 5.32 Å². The van der Waals surface area contributed by atoms with Gasteiger partial charge in [0.2, 0.25) is 0 Å². The van der Waals surface area contributed by atoms with E-state index < -0.39 is 0 Å². The summed E-state index contributed by atoms with van der Waals surface area (Å²) in [6, 6.07) is 0. The van der Waals surface area contributed by atoms with Crippen LogP contribution in [0.25, 0.3) is 11.4 Å². The summed E-state index contributed by atoms with van der Waals surface area (Å²) in [6.07, 6.45) is 5.86. The van der Waals surface area contributed by atoms with Crippen molar-refractivity contribution in [2.75, 3.05) is 12.4 Å². The van der Waals surface area contributed by atoms with E-state index in [2.05, 4.69) is 17.3 Å². The Hall–Kier alpha value is -1.91. The first kappa shape index (κ1) is 14.0. The first-order valence-electron chi connectivity index (χ1n) is 7.70. The van der Waals surface area contributed by atoms with Crippen LogP contribution in [0.1, 0.15) is 41.9 Å². The molecular weight excluding hydrogens is 262 g/mol. The molecule has 0 spiro atoms. The molecule has 3 rings (SSSR count). The Morgan fingerprint density at radius 3 is 2.48 bits per heavy atom. The topological polar surface area (TPSA) is 55.6 Å². The number of aromatic nitrogens is 4. The molecule has 2 heterocycles. The van der Waals surface area contributed by atoms with Crippen LogP contribution in [0.2, 0.25) is 0 Å². The molecule has 5 heteroatoms. The molecule has 0 aliphatic heterocycles. The lowest BCUT2D eigenvalue weighted by Gasteiger charge is -2.13. The molecule has 21 heavy (non-hydrogen) atoms. The van der Waals surface area contributed by atoms with Gasteiger partial charge in [-0.1, -0.05) is 6.42 Å². The average molecular weight is 285 g/mol. The molecule has 1 N–H and O–H groups in total. The van der Waals surface area contributed by atoms with Gasteiger partial charge in [0.25, 0.3) is 0 Å². The van der Waals surface area contributed by atoms with E-state index >= 15 is 0 Å². The first-order valence-corrected chi connectivity index (χ1v) is 7.70. The van der Waals surface area contributed by atoms with Crippen LogP contribution in [0.15, 0.2) is 0 Å². The van der Waals surface area contributed by atoms with Crippen LogP contribution < -0.4 is 5.32 Å². The van der Waals surface area contributed by atoms with E-state index in [1.165, 1.54) is 30.5 Å². The minimum Gasteiger partial charge on any atom is -0.373 e. The third-order valence-corrected chi connectivity index (χ3v) is 4.40. The monoisotopic (exact) mass is 285 g/mol. The van der Waals surface area contributed by atoms with Crippen molar-refractivity contribution in [2.45, 2.75) is 46.0 Å². The van der Waals surface area contributed by atoms with E-state index in [0.29, 0.717) is 0 Å². The predicted octanol–water partition coefficient (Wildman–Crippen LogP) is 2.80. The van der Waals surface area contributed by atoms with Gasteiger partial charge in [-0.3, -0.25) is 4.68 Å². The Morgan fingerprint density at radius 1 is 1.05 bits per heavy atom. The summed E-state index contributed by atoms with van der Waals surface area (Å²) in [5, 5.41) is 7.75. The van der Waals surface area contributed by atoms with Gasteiger partial charge in [0, 0.05) is 31.0 Å². The number of anilines is 1. The molecule has 0 bridgehead atoms. The number of rotatable bonds is 2. The molecule has 0 unspecified atom stereocenters. The van der Waals surface area contributed by atoms with Gasteiger partial charge in [0.1, 0.15) is 5.82 Å². The Kier molecular flexibility index (Phi) is 3.66. The quantitative estimate of drug-likeness (QED) is 0.862. The zero-order valence-corrected chi connectivity index (χ0v) is 13.3. The number of nitrogens with zero attached hydrogens (tertiary/aromatic N) is 4. The van der Waals surface area contributed by atoms with Crippen molar-refractivity contribution >= 4 is 5.82 Å². The highest BCUT2D eigenvalue weighted by molar-refractivity contribution is 5.64. The van der Waals surface area contributed by atoms with E-state index in [9.17, 15) is 0 Å². The second kappa shape index (κ2) is 5.47. The zero-order valence-electron chi connectivity index (χ0n) is 13.3. The normalized spacial score (nSPS) is 14.7. The molecular formula is C16H23N5. The zero-order chi connectivity index (χ0) is 15.0. The summed E-state index contributed by atoms with van der Waals surface area (Å²) in [7, 11) is 3.91.